The van der Waals surface area contributed by atoms with E-state index in [4.69, 9.17) is 0 Å². The Labute approximate surface area is 138 Å². The van der Waals surface area contributed by atoms with Crippen molar-refractivity contribution in [2.24, 2.45) is 4.99 Å². The molecule has 0 aromatic heterocycles. The van der Waals surface area contributed by atoms with Crippen LogP contribution in [0.2, 0.25) is 0 Å². The van der Waals surface area contributed by atoms with Gasteiger partial charge in [-0.05, 0) is 38.9 Å². The minimum atomic E-state index is -3.57. The SMILES string of the molecule is CN=Cc1ccc(C)cc1S(=O)(=O)N1CCC(N(C)C(C)O)C1. The van der Waals surface area contributed by atoms with Gasteiger partial charge in [-0.15, -0.1) is 0 Å². The third-order valence-corrected chi connectivity index (χ3v) is 6.27. The van der Waals surface area contributed by atoms with Crippen molar-refractivity contribution in [3.8, 4) is 0 Å². The average molecular weight is 339 g/mol. The van der Waals surface area contributed by atoms with E-state index in [1.54, 1.807) is 37.2 Å². The number of hydrogen-bond acceptors (Lipinski definition) is 5. The zero-order chi connectivity index (χ0) is 17.2. The van der Waals surface area contributed by atoms with Gasteiger partial charge >= 0.3 is 0 Å². The Hall–Kier alpha value is -1.28. The van der Waals surface area contributed by atoms with E-state index < -0.39 is 16.3 Å². The van der Waals surface area contributed by atoms with Crippen molar-refractivity contribution in [2.75, 3.05) is 27.2 Å². The first-order valence-electron chi connectivity index (χ1n) is 7.70. The van der Waals surface area contributed by atoms with Gasteiger partial charge in [-0.25, -0.2) is 8.42 Å². The van der Waals surface area contributed by atoms with Crippen LogP contribution in [0.25, 0.3) is 0 Å². The summed E-state index contributed by atoms with van der Waals surface area (Å²) in [5, 5.41) is 9.68. The van der Waals surface area contributed by atoms with E-state index in [-0.39, 0.29) is 6.04 Å². The smallest absolute Gasteiger partial charge is 0.243 e. The Bertz CT molecular complexity index is 686. The summed E-state index contributed by atoms with van der Waals surface area (Å²) in [5.74, 6) is 0. The maximum atomic E-state index is 13.0. The number of nitrogens with zero attached hydrogens (tertiary/aromatic N) is 3. The molecule has 1 N–H and O–H groups in total. The van der Waals surface area contributed by atoms with Crippen molar-refractivity contribution in [2.45, 2.75) is 37.4 Å². The van der Waals surface area contributed by atoms with Crippen LogP contribution in [-0.2, 0) is 10.0 Å². The normalized spacial score (nSPS) is 21.4. The summed E-state index contributed by atoms with van der Waals surface area (Å²) in [6, 6.07) is 5.38. The second-order valence-corrected chi connectivity index (χ2v) is 7.94. The number of aryl methyl sites for hydroxylation is 1. The van der Waals surface area contributed by atoms with Crippen LogP contribution < -0.4 is 0 Å². The first-order valence-corrected chi connectivity index (χ1v) is 9.14. The second-order valence-electron chi connectivity index (χ2n) is 6.03. The van der Waals surface area contributed by atoms with Crippen LogP contribution in [0.5, 0.6) is 0 Å². The molecule has 0 saturated carbocycles. The number of sulfonamides is 1. The van der Waals surface area contributed by atoms with Crippen LogP contribution in [0.4, 0.5) is 0 Å². The molecule has 0 spiro atoms. The van der Waals surface area contributed by atoms with Crippen LogP contribution in [0.3, 0.4) is 0 Å². The Morgan fingerprint density at radius 3 is 2.78 bits per heavy atom. The molecule has 2 rings (SSSR count). The highest BCUT2D eigenvalue weighted by Crippen LogP contribution is 2.26. The molecule has 1 aliphatic rings. The lowest BCUT2D eigenvalue weighted by Crippen LogP contribution is -2.41. The molecule has 7 heteroatoms. The quantitative estimate of drug-likeness (QED) is 0.643. The van der Waals surface area contributed by atoms with Crippen molar-refractivity contribution < 1.29 is 13.5 Å². The summed E-state index contributed by atoms with van der Waals surface area (Å²) in [6.07, 6.45) is 1.69. The van der Waals surface area contributed by atoms with E-state index in [9.17, 15) is 13.5 Å². The van der Waals surface area contributed by atoms with Gasteiger partial charge in [-0.2, -0.15) is 4.31 Å². The molecule has 6 nitrogen and oxygen atoms in total. The molecule has 0 radical (unpaired) electrons. The summed E-state index contributed by atoms with van der Waals surface area (Å²) >= 11 is 0. The van der Waals surface area contributed by atoms with E-state index in [1.165, 1.54) is 4.31 Å². The van der Waals surface area contributed by atoms with Gasteiger partial charge in [0.05, 0.1) is 4.90 Å². The average Bonchev–Trinajstić information content (AvgIpc) is 2.98. The zero-order valence-electron chi connectivity index (χ0n) is 14.1. The van der Waals surface area contributed by atoms with Crippen LogP contribution in [0.1, 0.15) is 24.5 Å². The molecular weight excluding hydrogens is 314 g/mol. The first-order chi connectivity index (χ1) is 10.8. The molecule has 1 aliphatic heterocycles. The lowest BCUT2D eigenvalue weighted by atomic mass is 10.2. The second kappa shape index (κ2) is 7.09. The number of likely N-dealkylation sites (N-methyl/N-ethyl adjacent to an activating group) is 1. The maximum absolute atomic E-state index is 13.0. The standard InChI is InChI=1S/C16H25N3O3S/c1-12-5-6-14(10-17-3)16(9-12)23(21,22)19-8-7-15(11-19)18(4)13(2)20/h5-6,9-10,13,15,20H,7-8,11H2,1-4H3. The van der Waals surface area contributed by atoms with Gasteiger partial charge in [0.1, 0.15) is 6.23 Å². The van der Waals surface area contributed by atoms with Crippen LogP contribution >= 0.6 is 0 Å². The molecule has 1 fully saturated rings. The Morgan fingerprint density at radius 2 is 2.17 bits per heavy atom. The highest BCUT2D eigenvalue weighted by Gasteiger charge is 2.36. The summed E-state index contributed by atoms with van der Waals surface area (Å²) < 4.78 is 27.5. The van der Waals surface area contributed by atoms with E-state index in [2.05, 4.69) is 4.99 Å². The molecule has 23 heavy (non-hydrogen) atoms. The van der Waals surface area contributed by atoms with E-state index in [0.717, 1.165) is 5.56 Å². The van der Waals surface area contributed by atoms with Crippen molar-refractivity contribution in [3.63, 3.8) is 0 Å². The van der Waals surface area contributed by atoms with Gasteiger partial charge in [0.25, 0.3) is 0 Å². The van der Waals surface area contributed by atoms with E-state index in [0.29, 0.717) is 30.0 Å². The number of hydrogen-bond donors (Lipinski definition) is 1. The van der Waals surface area contributed by atoms with Gasteiger partial charge in [0.15, 0.2) is 0 Å². The Kier molecular flexibility index (Phi) is 5.57. The molecule has 0 aliphatic carbocycles. The van der Waals surface area contributed by atoms with Crippen LogP contribution in [-0.4, -0.2) is 68.4 Å². The van der Waals surface area contributed by atoms with E-state index >= 15 is 0 Å². The molecule has 1 aromatic carbocycles. The fraction of sp³-hybridized carbons (Fsp3) is 0.562. The lowest BCUT2D eigenvalue weighted by molar-refractivity contribution is 0.0125. The Balaban J connectivity index is 2.32. The predicted octanol–water partition coefficient (Wildman–Crippen LogP) is 1.08. The molecule has 2 atom stereocenters. The predicted molar refractivity (Wildman–Crippen MR) is 91.3 cm³/mol. The molecule has 128 valence electrons. The van der Waals surface area contributed by atoms with Gasteiger partial charge in [0, 0.05) is 38.0 Å². The van der Waals surface area contributed by atoms with Crippen molar-refractivity contribution in [3.05, 3.63) is 29.3 Å². The molecule has 0 amide bonds. The fourth-order valence-corrected chi connectivity index (χ4v) is 4.56. The van der Waals surface area contributed by atoms with Crippen molar-refractivity contribution >= 4 is 16.2 Å². The van der Waals surface area contributed by atoms with Gasteiger partial charge < -0.3 is 5.11 Å². The lowest BCUT2D eigenvalue weighted by Gasteiger charge is -2.27. The molecular formula is C16H25N3O3S. The first kappa shape index (κ1) is 18.1. The summed E-state index contributed by atoms with van der Waals surface area (Å²) in [7, 11) is -0.135. The van der Waals surface area contributed by atoms with Crippen LogP contribution in [0.15, 0.2) is 28.1 Å². The third-order valence-electron chi connectivity index (χ3n) is 4.35. The number of aliphatic imine (C=N–C) groups is 1. The molecule has 1 heterocycles. The monoisotopic (exact) mass is 339 g/mol. The van der Waals surface area contributed by atoms with Crippen LogP contribution in [0, 0.1) is 6.92 Å². The highest BCUT2D eigenvalue weighted by molar-refractivity contribution is 7.89. The number of rotatable bonds is 5. The largest absolute Gasteiger partial charge is 0.379 e. The molecule has 1 saturated heterocycles. The van der Waals surface area contributed by atoms with Gasteiger partial charge in [0.2, 0.25) is 10.0 Å². The minimum Gasteiger partial charge on any atom is -0.379 e. The number of aliphatic hydroxyl groups excluding tert-OH is 1. The van der Waals surface area contributed by atoms with Crippen molar-refractivity contribution in [1.82, 2.24) is 9.21 Å². The molecule has 1 aromatic rings. The summed E-state index contributed by atoms with van der Waals surface area (Å²) in [4.78, 5) is 6.05. The third kappa shape index (κ3) is 3.80. The zero-order valence-corrected chi connectivity index (χ0v) is 14.9. The molecule has 0 bridgehead atoms. The van der Waals surface area contributed by atoms with Gasteiger partial charge in [-0.1, -0.05) is 12.1 Å². The number of benzene rings is 1. The fourth-order valence-electron chi connectivity index (χ4n) is 2.82. The summed E-state index contributed by atoms with van der Waals surface area (Å²) in [6.45, 7) is 4.41. The minimum absolute atomic E-state index is 0.0258. The Morgan fingerprint density at radius 1 is 1.48 bits per heavy atom. The maximum Gasteiger partial charge on any atom is 0.243 e. The number of aliphatic hydroxyl groups is 1. The van der Waals surface area contributed by atoms with E-state index in [1.807, 2.05) is 20.0 Å². The molecule has 2 unspecified atom stereocenters. The van der Waals surface area contributed by atoms with Gasteiger partial charge in [-0.3, -0.25) is 9.89 Å². The summed E-state index contributed by atoms with van der Waals surface area (Å²) in [5.41, 5.74) is 1.50. The van der Waals surface area contributed by atoms with Crippen molar-refractivity contribution in [1.29, 1.82) is 0 Å². The topological polar surface area (TPSA) is 73.2 Å². The highest BCUT2D eigenvalue weighted by atomic mass is 32.2.